The molecule has 152 valence electrons. The van der Waals surface area contributed by atoms with Crippen molar-refractivity contribution in [2.45, 2.75) is 43.9 Å². The van der Waals surface area contributed by atoms with Gasteiger partial charge in [0.25, 0.3) is 11.9 Å². The Balaban J connectivity index is 1.37. The molecule has 5 rings (SSSR count). The van der Waals surface area contributed by atoms with Gasteiger partial charge in [-0.15, -0.1) is 0 Å². The van der Waals surface area contributed by atoms with E-state index in [9.17, 15) is 9.59 Å². The Kier molecular flexibility index (Phi) is 4.75. The van der Waals surface area contributed by atoms with E-state index in [2.05, 4.69) is 0 Å². The van der Waals surface area contributed by atoms with Crippen molar-refractivity contribution < 1.29 is 23.5 Å². The Morgan fingerprint density at radius 2 is 1.83 bits per heavy atom. The van der Waals surface area contributed by atoms with E-state index in [0.717, 1.165) is 32.4 Å². The van der Waals surface area contributed by atoms with Crippen molar-refractivity contribution in [2.24, 2.45) is 0 Å². The molecule has 3 fully saturated rings. The molecular formula is C22H24N2O5. The highest BCUT2D eigenvalue weighted by molar-refractivity contribution is 5.96. The summed E-state index contributed by atoms with van der Waals surface area (Å²) in [7, 11) is 0. The van der Waals surface area contributed by atoms with Crippen molar-refractivity contribution in [3.8, 4) is 11.7 Å². The van der Waals surface area contributed by atoms with Gasteiger partial charge in [0.2, 0.25) is 5.91 Å². The first kappa shape index (κ1) is 18.2. The van der Waals surface area contributed by atoms with Crippen LogP contribution in [0, 0.1) is 0 Å². The molecule has 0 saturated carbocycles. The van der Waals surface area contributed by atoms with Gasteiger partial charge in [0.15, 0.2) is 5.76 Å². The van der Waals surface area contributed by atoms with E-state index >= 15 is 0 Å². The third-order valence-electron chi connectivity index (χ3n) is 6.01. The summed E-state index contributed by atoms with van der Waals surface area (Å²) in [5.41, 5.74) is 0. The standard InChI is InChI=1S/C22H24N2O5/c25-21(23-11-4-5-12-23)17-14-19-16(10-13-27-19)24(17)22(26)18-8-9-20(29-18)28-15-6-2-1-3-7-15/h1-3,6-9,16-17,19H,4-5,10-14H2/t16-,17-,19-/m0/s1. The second-order valence-electron chi connectivity index (χ2n) is 7.80. The van der Waals surface area contributed by atoms with Gasteiger partial charge in [-0.3, -0.25) is 9.59 Å². The molecule has 3 aliphatic heterocycles. The number of para-hydroxylation sites is 1. The number of amides is 2. The summed E-state index contributed by atoms with van der Waals surface area (Å²) >= 11 is 0. The lowest BCUT2D eigenvalue weighted by Gasteiger charge is -2.30. The lowest BCUT2D eigenvalue weighted by molar-refractivity contribution is -0.134. The van der Waals surface area contributed by atoms with Crippen LogP contribution in [0.2, 0.25) is 0 Å². The Bertz CT molecular complexity index is 890. The molecule has 3 atom stereocenters. The van der Waals surface area contributed by atoms with E-state index in [0.29, 0.717) is 18.8 Å². The minimum atomic E-state index is -0.487. The number of fused-ring (bicyclic) bond motifs is 1. The maximum Gasteiger partial charge on any atom is 0.290 e. The van der Waals surface area contributed by atoms with Gasteiger partial charge in [0.05, 0.1) is 12.1 Å². The quantitative estimate of drug-likeness (QED) is 0.794. The van der Waals surface area contributed by atoms with Crippen molar-refractivity contribution >= 4 is 11.8 Å². The molecule has 0 spiro atoms. The summed E-state index contributed by atoms with van der Waals surface area (Å²) in [6.45, 7) is 2.15. The van der Waals surface area contributed by atoms with E-state index in [-0.39, 0.29) is 35.7 Å². The van der Waals surface area contributed by atoms with E-state index in [1.165, 1.54) is 0 Å². The molecule has 1 aromatic carbocycles. The number of rotatable bonds is 4. The zero-order valence-electron chi connectivity index (χ0n) is 16.2. The van der Waals surface area contributed by atoms with Gasteiger partial charge in [0, 0.05) is 32.2 Å². The van der Waals surface area contributed by atoms with Crippen LogP contribution in [-0.2, 0) is 9.53 Å². The third-order valence-corrected chi connectivity index (χ3v) is 6.01. The van der Waals surface area contributed by atoms with Crippen LogP contribution >= 0.6 is 0 Å². The van der Waals surface area contributed by atoms with Gasteiger partial charge < -0.3 is 23.7 Å². The van der Waals surface area contributed by atoms with Gasteiger partial charge in [0.1, 0.15) is 11.8 Å². The molecule has 0 bridgehead atoms. The Morgan fingerprint density at radius 3 is 2.62 bits per heavy atom. The summed E-state index contributed by atoms with van der Waals surface area (Å²) in [5.74, 6) is 0.820. The van der Waals surface area contributed by atoms with E-state index in [1.54, 1.807) is 17.0 Å². The minimum Gasteiger partial charge on any atom is -0.426 e. The highest BCUT2D eigenvalue weighted by Crippen LogP contribution is 2.36. The Labute approximate surface area is 169 Å². The number of hydrogen-bond acceptors (Lipinski definition) is 5. The fourth-order valence-corrected chi connectivity index (χ4v) is 4.63. The summed E-state index contributed by atoms with van der Waals surface area (Å²) in [6, 6.07) is 11.9. The zero-order chi connectivity index (χ0) is 19.8. The Hall–Kier alpha value is -2.80. The van der Waals surface area contributed by atoms with Crippen molar-refractivity contribution in [2.75, 3.05) is 19.7 Å². The summed E-state index contributed by atoms with van der Waals surface area (Å²) in [6.07, 6.45) is 3.27. The number of carbonyl (C=O) groups excluding carboxylic acids is 2. The maximum atomic E-state index is 13.3. The molecule has 0 N–H and O–H groups in total. The van der Waals surface area contributed by atoms with Gasteiger partial charge >= 0.3 is 0 Å². The van der Waals surface area contributed by atoms with Gasteiger partial charge in [-0.1, -0.05) is 18.2 Å². The monoisotopic (exact) mass is 396 g/mol. The molecule has 4 heterocycles. The molecular weight excluding hydrogens is 372 g/mol. The van der Waals surface area contributed by atoms with Crippen LogP contribution in [0.4, 0.5) is 0 Å². The number of carbonyl (C=O) groups is 2. The van der Waals surface area contributed by atoms with Crippen LogP contribution < -0.4 is 4.74 Å². The van der Waals surface area contributed by atoms with Crippen LogP contribution in [0.25, 0.3) is 0 Å². The lowest BCUT2D eigenvalue weighted by Crippen LogP contribution is -2.49. The summed E-state index contributed by atoms with van der Waals surface area (Å²) in [5, 5.41) is 0. The molecule has 3 aliphatic rings. The molecule has 0 unspecified atom stereocenters. The first-order valence-corrected chi connectivity index (χ1v) is 10.3. The van der Waals surface area contributed by atoms with Crippen LogP contribution in [0.1, 0.15) is 36.2 Å². The molecule has 7 heteroatoms. The molecule has 1 aromatic heterocycles. The molecule has 2 aromatic rings. The smallest absolute Gasteiger partial charge is 0.290 e. The minimum absolute atomic E-state index is 0.0289. The predicted octanol–water partition coefficient (Wildman–Crippen LogP) is 3.07. The lowest BCUT2D eigenvalue weighted by atomic mass is 10.1. The topological polar surface area (TPSA) is 72.2 Å². The number of hydrogen-bond donors (Lipinski definition) is 0. The van der Waals surface area contributed by atoms with E-state index < -0.39 is 6.04 Å². The van der Waals surface area contributed by atoms with Gasteiger partial charge in [-0.25, -0.2) is 0 Å². The van der Waals surface area contributed by atoms with Crippen molar-refractivity contribution in [3.05, 3.63) is 48.2 Å². The second kappa shape index (κ2) is 7.55. The SMILES string of the molecule is O=C([C@@H]1C[C@@H]2OCC[C@@H]2N1C(=O)c1ccc(Oc2ccccc2)o1)N1CCCC1. The molecule has 7 nitrogen and oxygen atoms in total. The predicted molar refractivity (Wildman–Crippen MR) is 104 cm³/mol. The van der Waals surface area contributed by atoms with Crippen molar-refractivity contribution in [1.82, 2.24) is 9.80 Å². The zero-order valence-corrected chi connectivity index (χ0v) is 16.2. The van der Waals surface area contributed by atoms with Crippen LogP contribution in [0.15, 0.2) is 46.9 Å². The molecule has 2 amide bonds. The van der Waals surface area contributed by atoms with Crippen molar-refractivity contribution in [3.63, 3.8) is 0 Å². The number of nitrogens with zero attached hydrogens (tertiary/aromatic N) is 2. The average molecular weight is 396 g/mol. The van der Waals surface area contributed by atoms with Crippen LogP contribution in [0.3, 0.4) is 0 Å². The fraction of sp³-hybridized carbons (Fsp3) is 0.455. The molecule has 3 saturated heterocycles. The summed E-state index contributed by atoms with van der Waals surface area (Å²) in [4.78, 5) is 30.0. The number of benzene rings is 1. The maximum absolute atomic E-state index is 13.3. The highest BCUT2D eigenvalue weighted by Gasteiger charge is 2.51. The third kappa shape index (κ3) is 3.40. The summed E-state index contributed by atoms with van der Waals surface area (Å²) < 4.78 is 17.2. The van der Waals surface area contributed by atoms with Crippen LogP contribution in [0.5, 0.6) is 11.7 Å². The van der Waals surface area contributed by atoms with Gasteiger partial charge in [-0.05, 0) is 37.5 Å². The number of likely N-dealkylation sites (tertiary alicyclic amines) is 2. The second-order valence-corrected chi connectivity index (χ2v) is 7.80. The number of ether oxygens (including phenoxy) is 2. The van der Waals surface area contributed by atoms with E-state index in [4.69, 9.17) is 13.9 Å². The van der Waals surface area contributed by atoms with E-state index in [1.807, 2.05) is 35.2 Å². The highest BCUT2D eigenvalue weighted by atomic mass is 16.6. The largest absolute Gasteiger partial charge is 0.426 e. The first-order chi connectivity index (χ1) is 14.2. The molecule has 29 heavy (non-hydrogen) atoms. The molecule has 0 radical (unpaired) electrons. The van der Waals surface area contributed by atoms with Crippen LogP contribution in [-0.4, -0.2) is 59.5 Å². The number of furan rings is 1. The average Bonchev–Trinajstić information content (AvgIpc) is 3.51. The van der Waals surface area contributed by atoms with Gasteiger partial charge in [-0.2, -0.15) is 0 Å². The first-order valence-electron chi connectivity index (χ1n) is 10.3. The normalized spacial score (nSPS) is 26.0. The Morgan fingerprint density at radius 1 is 1.03 bits per heavy atom. The van der Waals surface area contributed by atoms with Crippen molar-refractivity contribution in [1.29, 1.82) is 0 Å². The fourth-order valence-electron chi connectivity index (χ4n) is 4.63. The molecule has 0 aliphatic carbocycles.